The largest absolute Gasteiger partial charge is 0.394 e. The van der Waals surface area contributed by atoms with E-state index in [4.69, 9.17) is 0 Å². The second-order valence-electron chi connectivity index (χ2n) is 8.20. The molecule has 32 heavy (non-hydrogen) atoms. The average Bonchev–Trinajstić information content (AvgIpc) is 2.81. The molecule has 2 aliphatic heterocycles. The molecule has 5 rings (SSSR count). The van der Waals surface area contributed by atoms with Crippen molar-refractivity contribution in [2.45, 2.75) is 18.0 Å². The lowest BCUT2D eigenvalue weighted by molar-refractivity contribution is -0.159. The number of fused-ring (bicyclic) bond motifs is 1. The number of pyridine rings is 1. The molecule has 2 aliphatic rings. The van der Waals surface area contributed by atoms with Crippen LogP contribution in [-0.2, 0) is 4.79 Å². The summed E-state index contributed by atoms with van der Waals surface area (Å²) in [6.45, 7) is 0.187. The molecule has 2 aromatic carbocycles. The number of benzene rings is 2. The van der Waals surface area contributed by atoms with Gasteiger partial charge in [0.05, 0.1) is 18.7 Å². The smallest absolute Gasteiger partial charge is 0.254 e. The van der Waals surface area contributed by atoms with Crippen molar-refractivity contribution in [3.63, 3.8) is 0 Å². The van der Waals surface area contributed by atoms with Crippen molar-refractivity contribution in [3.8, 4) is 11.1 Å². The van der Waals surface area contributed by atoms with Crippen molar-refractivity contribution in [1.82, 2.24) is 14.8 Å². The predicted molar refractivity (Wildman–Crippen MR) is 116 cm³/mol. The first-order chi connectivity index (χ1) is 15.6. The zero-order valence-corrected chi connectivity index (χ0v) is 17.3. The summed E-state index contributed by atoms with van der Waals surface area (Å²) in [6.07, 6.45) is 3.53. The van der Waals surface area contributed by atoms with Crippen LogP contribution < -0.4 is 0 Å². The lowest BCUT2D eigenvalue weighted by Crippen LogP contribution is -2.73. The molecule has 3 atom stereocenters. The van der Waals surface area contributed by atoms with Gasteiger partial charge in [0.2, 0.25) is 5.91 Å². The maximum Gasteiger partial charge on any atom is 0.254 e. The zero-order valence-electron chi connectivity index (χ0n) is 17.3. The number of halogens is 1. The Kier molecular flexibility index (Phi) is 5.19. The van der Waals surface area contributed by atoms with Crippen LogP contribution in [0.25, 0.3) is 11.1 Å². The predicted octanol–water partition coefficient (Wildman–Crippen LogP) is 2.70. The highest BCUT2D eigenvalue weighted by Gasteiger charge is 2.54. The number of aromatic nitrogens is 1. The Hall–Kier alpha value is -3.58. The fourth-order valence-electron chi connectivity index (χ4n) is 4.86. The van der Waals surface area contributed by atoms with Crippen molar-refractivity contribution < 1.29 is 19.1 Å². The topological polar surface area (TPSA) is 73.7 Å². The number of piperazine rings is 1. The third-order valence-electron chi connectivity index (χ3n) is 6.42. The van der Waals surface area contributed by atoms with Crippen molar-refractivity contribution in [2.24, 2.45) is 0 Å². The van der Waals surface area contributed by atoms with E-state index in [1.807, 2.05) is 36.4 Å². The fraction of sp³-hybridized carbons (Fsp3) is 0.240. The van der Waals surface area contributed by atoms with Gasteiger partial charge in [0, 0.05) is 30.4 Å². The molecule has 0 bridgehead atoms. The maximum atomic E-state index is 13.2. The van der Waals surface area contributed by atoms with Crippen molar-refractivity contribution in [1.29, 1.82) is 0 Å². The molecule has 0 saturated carbocycles. The Labute approximate surface area is 184 Å². The van der Waals surface area contributed by atoms with Crippen LogP contribution in [0.3, 0.4) is 0 Å². The molecule has 3 heterocycles. The molecule has 0 aliphatic carbocycles. The Bertz CT molecular complexity index is 1140. The van der Waals surface area contributed by atoms with Crippen LogP contribution in [0.5, 0.6) is 0 Å². The van der Waals surface area contributed by atoms with E-state index in [1.165, 1.54) is 29.2 Å². The zero-order chi connectivity index (χ0) is 22.2. The monoisotopic (exact) mass is 431 g/mol. The minimum Gasteiger partial charge on any atom is -0.394 e. The average molecular weight is 431 g/mol. The van der Waals surface area contributed by atoms with Crippen LogP contribution in [0.2, 0.25) is 0 Å². The Morgan fingerprint density at radius 2 is 1.81 bits per heavy atom. The first-order valence-corrected chi connectivity index (χ1v) is 10.5. The number of carbonyl (C=O) groups excluding carboxylic acids is 2. The maximum absolute atomic E-state index is 13.2. The molecule has 6 nitrogen and oxygen atoms in total. The van der Waals surface area contributed by atoms with E-state index in [9.17, 15) is 19.1 Å². The minimum absolute atomic E-state index is 0.0458. The number of aliphatic hydroxyl groups excluding tert-OH is 1. The van der Waals surface area contributed by atoms with Gasteiger partial charge in [-0.15, -0.1) is 0 Å². The first-order valence-electron chi connectivity index (χ1n) is 10.5. The van der Waals surface area contributed by atoms with E-state index in [0.29, 0.717) is 12.1 Å². The molecular weight excluding hydrogens is 409 g/mol. The quantitative estimate of drug-likeness (QED) is 0.690. The van der Waals surface area contributed by atoms with Gasteiger partial charge >= 0.3 is 0 Å². The van der Waals surface area contributed by atoms with Gasteiger partial charge in [-0.1, -0.05) is 30.3 Å². The molecule has 7 heteroatoms. The molecule has 2 saturated heterocycles. The van der Waals surface area contributed by atoms with E-state index in [1.54, 1.807) is 17.3 Å². The second kappa shape index (κ2) is 8.16. The number of amides is 2. The summed E-state index contributed by atoms with van der Waals surface area (Å²) in [6, 6.07) is 16.7. The summed E-state index contributed by atoms with van der Waals surface area (Å²) >= 11 is 0. The summed E-state index contributed by atoms with van der Waals surface area (Å²) in [5.41, 5.74) is 3.41. The number of hydrogen-bond donors (Lipinski definition) is 1. The van der Waals surface area contributed by atoms with E-state index >= 15 is 0 Å². The van der Waals surface area contributed by atoms with Crippen molar-refractivity contribution in [3.05, 3.63) is 90.0 Å². The molecule has 0 spiro atoms. The van der Waals surface area contributed by atoms with Gasteiger partial charge in [-0.3, -0.25) is 14.6 Å². The van der Waals surface area contributed by atoms with Crippen LogP contribution in [0.15, 0.2) is 73.1 Å². The molecule has 2 amide bonds. The second-order valence-corrected chi connectivity index (χ2v) is 8.20. The van der Waals surface area contributed by atoms with Crippen molar-refractivity contribution >= 4 is 11.8 Å². The Morgan fingerprint density at radius 3 is 2.47 bits per heavy atom. The summed E-state index contributed by atoms with van der Waals surface area (Å²) in [7, 11) is 0. The lowest BCUT2D eigenvalue weighted by atomic mass is 9.73. The van der Waals surface area contributed by atoms with Crippen LogP contribution in [0, 0.1) is 5.82 Å². The van der Waals surface area contributed by atoms with Crippen LogP contribution in [0.4, 0.5) is 4.39 Å². The number of nitrogens with zero attached hydrogens (tertiary/aromatic N) is 3. The van der Waals surface area contributed by atoms with Gasteiger partial charge in [-0.2, -0.15) is 0 Å². The van der Waals surface area contributed by atoms with E-state index in [2.05, 4.69) is 4.98 Å². The van der Waals surface area contributed by atoms with Crippen LogP contribution in [0.1, 0.15) is 21.8 Å². The first kappa shape index (κ1) is 20.3. The summed E-state index contributed by atoms with van der Waals surface area (Å²) in [5, 5.41) is 9.97. The normalized spacial score (nSPS) is 22.3. The lowest BCUT2D eigenvalue weighted by Gasteiger charge is -2.58. The number of carbonyl (C=O) groups is 2. The highest BCUT2D eigenvalue weighted by Crippen LogP contribution is 2.43. The minimum atomic E-state index is -0.415. The molecule has 0 unspecified atom stereocenters. The summed E-state index contributed by atoms with van der Waals surface area (Å²) in [4.78, 5) is 33.1. The van der Waals surface area contributed by atoms with Crippen LogP contribution >= 0.6 is 0 Å². The highest BCUT2D eigenvalue weighted by atomic mass is 19.1. The molecule has 162 valence electrons. The summed E-state index contributed by atoms with van der Waals surface area (Å²) in [5.74, 6) is -0.965. The fourth-order valence-corrected chi connectivity index (χ4v) is 4.86. The standard InChI is InChI=1S/C25H22FN3O3/c26-20-9-7-18(8-10-20)25(32)28-13-21-24(22(15-30)29(21)23(31)14-28)17-5-3-16(4-6-17)19-2-1-11-27-12-19/h1-12,21-22,24,30H,13-15H2/t21-,22+,24+/m0/s1. The van der Waals surface area contributed by atoms with E-state index in [0.717, 1.165) is 16.7 Å². The molecule has 2 fully saturated rings. The van der Waals surface area contributed by atoms with Crippen LogP contribution in [-0.4, -0.2) is 63.5 Å². The summed E-state index contributed by atoms with van der Waals surface area (Å²) < 4.78 is 13.2. The molecule has 3 aromatic rings. The third-order valence-corrected chi connectivity index (χ3v) is 6.42. The van der Waals surface area contributed by atoms with Gasteiger partial charge in [0.15, 0.2) is 0 Å². The molecule has 1 N–H and O–H groups in total. The third kappa shape index (κ3) is 3.44. The van der Waals surface area contributed by atoms with Gasteiger partial charge in [-0.25, -0.2) is 4.39 Å². The van der Waals surface area contributed by atoms with E-state index in [-0.39, 0.29) is 43.0 Å². The van der Waals surface area contributed by atoms with Crippen molar-refractivity contribution in [2.75, 3.05) is 19.7 Å². The SMILES string of the molecule is O=C(c1ccc(F)cc1)N1CC(=O)N2[C@H](CO)[C@H](c3ccc(-c4cccnc4)cc3)[C@@H]2C1. The number of aliphatic hydroxyl groups is 1. The number of hydrogen-bond acceptors (Lipinski definition) is 4. The highest BCUT2D eigenvalue weighted by molar-refractivity contribution is 5.97. The van der Waals surface area contributed by atoms with Gasteiger partial charge in [-0.05, 0) is 47.0 Å². The van der Waals surface area contributed by atoms with E-state index < -0.39 is 5.82 Å². The molecular formula is C25H22FN3O3. The van der Waals surface area contributed by atoms with Gasteiger partial charge in [0.25, 0.3) is 5.91 Å². The number of rotatable bonds is 4. The Balaban J connectivity index is 1.38. The molecule has 0 radical (unpaired) electrons. The molecule has 1 aromatic heterocycles. The van der Waals surface area contributed by atoms with Gasteiger partial charge < -0.3 is 14.9 Å². The van der Waals surface area contributed by atoms with Gasteiger partial charge in [0.1, 0.15) is 12.4 Å². The Morgan fingerprint density at radius 1 is 1.06 bits per heavy atom.